The summed E-state index contributed by atoms with van der Waals surface area (Å²) >= 11 is 8.63. The van der Waals surface area contributed by atoms with Crippen LogP contribution in [0.1, 0.15) is 31.0 Å². The van der Waals surface area contributed by atoms with E-state index < -0.39 is 0 Å². The van der Waals surface area contributed by atoms with Crippen LogP contribution in [0.15, 0.2) is 28.7 Å². The molecule has 2 N–H and O–H groups in total. The number of nitrogens with two attached hydrogens (primary N) is 1. The molecule has 0 aliphatic carbocycles. The average Bonchev–Trinajstić information content (AvgIpc) is 2.28. The molecule has 2 aromatic rings. The molecule has 0 atom stereocenters. The molecule has 0 spiro atoms. The molecule has 88 valence electrons. The predicted molar refractivity (Wildman–Crippen MR) is 79.4 cm³/mol. The summed E-state index contributed by atoms with van der Waals surface area (Å²) in [6, 6.07) is 7.92. The lowest BCUT2D eigenvalue weighted by molar-refractivity contribution is 0.829. The van der Waals surface area contributed by atoms with Crippen molar-refractivity contribution in [2.24, 2.45) is 5.73 Å². The fraction of sp³-hybridized carbons (Fsp3) is 0.231. The van der Waals surface area contributed by atoms with Gasteiger partial charge in [0.15, 0.2) is 0 Å². The summed E-state index contributed by atoms with van der Waals surface area (Å²) in [4.78, 5) is 5.07. The Morgan fingerprint density at radius 1 is 1.41 bits per heavy atom. The molecule has 0 bridgehead atoms. The highest BCUT2D eigenvalue weighted by Gasteiger charge is 2.11. The van der Waals surface area contributed by atoms with Crippen molar-refractivity contribution in [1.82, 2.24) is 4.98 Å². The van der Waals surface area contributed by atoms with Crippen LogP contribution in [0.3, 0.4) is 0 Å². The van der Waals surface area contributed by atoms with Crippen molar-refractivity contribution >= 4 is 44.0 Å². The highest BCUT2D eigenvalue weighted by atomic mass is 79.9. The number of benzene rings is 1. The van der Waals surface area contributed by atoms with Gasteiger partial charge in [-0.3, -0.25) is 4.98 Å². The van der Waals surface area contributed by atoms with Crippen LogP contribution in [0.2, 0.25) is 0 Å². The van der Waals surface area contributed by atoms with E-state index in [2.05, 4.69) is 34.8 Å². The summed E-state index contributed by atoms with van der Waals surface area (Å²) in [6.07, 6.45) is 0. The van der Waals surface area contributed by atoms with Gasteiger partial charge in [-0.05, 0) is 34.0 Å². The molecule has 17 heavy (non-hydrogen) atoms. The SMILES string of the molecule is CC(C)c1cc(C(N)=S)c2cccc(Br)c2n1. The van der Waals surface area contributed by atoms with Crippen molar-refractivity contribution in [3.63, 3.8) is 0 Å². The molecule has 1 heterocycles. The van der Waals surface area contributed by atoms with E-state index in [9.17, 15) is 0 Å². The topological polar surface area (TPSA) is 38.9 Å². The molecule has 0 fully saturated rings. The Balaban J connectivity index is 2.86. The first-order valence-electron chi connectivity index (χ1n) is 5.39. The van der Waals surface area contributed by atoms with Gasteiger partial charge in [-0.2, -0.15) is 0 Å². The van der Waals surface area contributed by atoms with Gasteiger partial charge in [0.2, 0.25) is 0 Å². The summed E-state index contributed by atoms with van der Waals surface area (Å²) < 4.78 is 0.968. The highest BCUT2D eigenvalue weighted by molar-refractivity contribution is 9.10. The monoisotopic (exact) mass is 308 g/mol. The van der Waals surface area contributed by atoms with E-state index in [1.165, 1.54) is 0 Å². The Morgan fingerprint density at radius 3 is 2.71 bits per heavy atom. The zero-order valence-corrected chi connectivity index (χ0v) is 12.1. The predicted octanol–water partition coefficient (Wildman–Crippen LogP) is 3.75. The number of pyridine rings is 1. The number of rotatable bonds is 2. The lowest BCUT2D eigenvalue weighted by Crippen LogP contribution is -2.11. The van der Waals surface area contributed by atoms with Crippen molar-refractivity contribution in [2.75, 3.05) is 0 Å². The smallest absolute Gasteiger partial charge is 0.104 e. The van der Waals surface area contributed by atoms with Gasteiger partial charge < -0.3 is 5.73 Å². The van der Waals surface area contributed by atoms with Gasteiger partial charge in [0.25, 0.3) is 0 Å². The Bertz CT molecular complexity index is 593. The van der Waals surface area contributed by atoms with E-state index in [0.717, 1.165) is 26.6 Å². The van der Waals surface area contributed by atoms with E-state index in [4.69, 9.17) is 18.0 Å². The molecule has 0 unspecified atom stereocenters. The van der Waals surface area contributed by atoms with E-state index in [1.54, 1.807) is 0 Å². The minimum atomic E-state index is 0.347. The maximum Gasteiger partial charge on any atom is 0.104 e. The zero-order valence-electron chi connectivity index (χ0n) is 9.70. The molecule has 1 aromatic heterocycles. The van der Waals surface area contributed by atoms with Gasteiger partial charge in [0.1, 0.15) is 4.99 Å². The third-order valence-electron chi connectivity index (χ3n) is 2.67. The number of halogens is 1. The van der Waals surface area contributed by atoms with E-state index >= 15 is 0 Å². The van der Waals surface area contributed by atoms with Crippen molar-refractivity contribution in [3.8, 4) is 0 Å². The van der Waals surface area contributed by atoms with Crippen molar-refractivity contribution in [1.29, 1.82) is 0 Å². The number of fused-ring (bicyclic) bond motifs is 1. The first-order chi connectivity index (χ1) is 8.00. The molecule has 0 amide bonds. The molecule has 0 aliphatic heterocycles. The minimum Gasteiger partial charge on any atom is -0.389 e. The highest BCUT2D eigenvalue weighted by Crippen LogP contribution is 2.27. The van der Waals surface area contributed by atoms with Crippen molar-refractivity contribution in [3.05, 3.63) is 40.0 Å². The second-order valence-corrected chi connectivity index (χ2v) is 5.54. The van der Waals surface area contributed by atoms with Crippen LogP contribution in [0.5, 0.6) is 0 Å². The molecule has 2 nitrogen and oxygen atoms in total. The van der Waals surface area contributed by atoms with E-state index in [0.29, 0.717) is 10.9 Å². The van der Waals surface area contributed by atoms with Crippen LogP contribution in [-0.2, 0) is 0 Å². The number of nitrogens with zero attached hydrogens (tertiary/aromatic N) is 1. The maximum atomic E-state index is 5.79. The molecule has 1 aromatic carbocycles. The normalized spacial score (nSPS) is 11.1. The number of hydrogen-bond donors (Lipinski definition) is 1. The molecule has 4 heteroatoms. The number of thiocarbonyl (C=S) groups is 1. The number of para-hydroxylation sites is 1. The Morgan fingerprint density at radius 2 is 2.12 bits per heavy atom. The fourth-order valence-electron chi connectivity index (χ4n) is 1.73. The number of aromatic nitrogens is 1. The summed E-state index contributed by atoms with van der Waals surface area (Å²) in [5.74, 6) is 0.347. The zero-order chi connectivity index (χ0) is 12.6. The quantitative estimate of drug-likeness (QED) is 0.859. The largest absolute Gasteiger partial charge is 0.389 e. The first-order valence-corrected chi connectivity index (χ1v) is 6.59. The molecule has 2 rings (SSSR count). The fourth-order valence-corrected chi connectivity index (χ4v) is 2.36. The molecule has 0 saturated heterocycles. The van der Waals surface area contributed by atoms with Crippen molar-refractivity contribution < 1.29 is 0 Å². The van der Waals surface area contributed by atoms with Gasteiger partial charge in [-0.1, -0.05) is 38.2 Å². The van der Waals surface area contributed by atoms with Crippen LogP contribution < -0.4 is 5.73 Å². The van der Waals surface area contributed by atoms with Crippen LogP contribution in [0.4, 0.5) is 0 Å². The summed E-state index contributed by atoms with van der Waals surface area (Å²) in [7, 11) is 0. The molecule has 0 radical (unpaired) electrons. The van der Waals surface area contributed by atoms with Gasteiger partial charge in [-0.25, -0.2) is 0 Å². The lowest BCUT2D eigenvalue weighted by atomic mass is 10.0. The molecular weight excluding hydrogens is 296 g/mol. The molecule has 0 aliphatic rings. The summed E-state index contributed by atoms with van der Waals surface area (Å²) in [6.45, 7) is 4.21. The van der Waals surface area contributed by atoms with Crippen LogP contribution in [0, 0.1) is 0 Å². The Kier molecular flexibility index (Phi) is 3.45. The van der Waals surface area contributed by atoms with Crippen molar-refractivity contribution in [2.45, 2.75) is 19.8 Å². The Hall–Kier alpha value is -1.00. The van der Waals surface area contributed by atoms with Crippen LogP contribution >= 0.6 is 28.1 Å². The van der Waals surface area contributed by atoms with E-state index in [1.807, 2.05) is 24.3 Å². The van der Waals surface area contributed by atoms with Gasteiger partial charge >= 0.3 is 0 Å². The number of hydrogen-bond acceptors (Lipinski definition) is 2. The van der Waals surface area contributed by atoms with Gasteiger partial charge in [-0.15, -0.1) is 0 Å². The third-order valence-corrected chi connectivity index (χ3v) is 3.53. The first kappa shape index (κ1) is 12.5. The standard InChI is InChI=1S/C13H13BrN2S/c1-7(2)11-6-9(13(15)17)8-4-3-5-10(14)12(8)16-11/h3-7H,1-2H3,(H2,15,17). The minimum absolute atomic E-state index is 0.347. The van der Waals surface area contributed by atoms with E-state index in [-0.39, 0.29) is 0 Å². The Labute approximate surface area is 114 Å². The summed E-state index contributed by atoms with van der Waals surface area (Å²) in [5.41, 5.74) is 8.61. The van der Waals surface area contributed by atoms with Gasteiger partial charge in [0, 0.05) is 21.1 Å². The van der Waals surface area contributed by atoms with Gasteiger partial charge in [0.05, 0.1) is 5.52 Å². The molecule has 0 saturated carbocycles. The second-order valence-electron chi connectivity index (χ2n) is 4.25. The average molecular weight is 309 g/mol. The molecular formula is C13H13BrN2S. The maximum absolute atomic E-state index is 5.79. The lowest BCUT2D eigenvalue weighted by Gasteiger charge is -2.11. The summed E-state index contributed by atoms with van der Waals surface area (Å²) in [5, 5.41) is 0.997. The van der Waals surface area contributed by atoms with Crippen LogP contribution in [-0.4, -0.2) is 9.97 Å². The van der Waals surface area contributed by atoms with Crippen LogP contribution in [0.25, 0.3) is 10.9 Å². The third kappa shape index (κ3) is 2.33. The second kappa shape index (κ2) is 4.70.